The second kappa shape index (κ2) is 6.47. The summed E-state index contributed by atoms with van der Waals surface area (Å²) in [4.78, 5) is 27.3. The van der Waals surface area contributed by atoms with Crippen LogP contribution in [-0.2, 0) is 4.79 Å². The number of nitrogens with one attached hydrogen (secondary N) is 1. The number of nitrogens with two attached hydrogens (primary N) is 1. The molecule has 0 saturated carbocycles. The second-order valence-corrected chi connectivity index (χ2v) is 4.47. The minimum Gasteiger partial charge on any atom is -0.366 e. The van der Waals surface area contributed by atoms with Crippen LogP contribution < -0.4 is 11.1 Å². The van der Waals surface area contributed by atoms with Gasteiger partial charge in [0.25, 0.3) is 5.91 Å². The van der Waals surface area contributed by atoms with Gasteiger partial charge in [-0.15, -0.1) is 0 Å². The number of carbonyl (C=O) groups excluding carboxylic acids is 2. The zero-order valence-electron chi connectivity index (χ0n) is 11.5. The number of rotatable bonds is 4. The molecule has 2 amide bonds. The molecule has 3 N–H and O–H groups in total. The molecule has 0 radical (unpaired) electrons. The average Bonchev–Trinajstić information content (AvgIpc) is 2.46. The molecule has 5 nitrogen and oxygen atoms in total. The number of hydrogen-bond acceptors (Lipinski definition) is 3. The molecule has 106 valence electrons. The minimum atomic E-state index is -0.570. The van der Waals surface area contributed by atoms with E-state index in [2.05, 4.69) is 10.3 Å². The lowest BCUT2D eigenvalue weighted by molar-refractivity contribution is -0.111. The SMILES string of the molecule is Cc1cccc(NC(=O)C=Cc2cccnc2)c1C(N)=O. The van der Waals surface area contributed by atoms with Crippen molar-refractivity contribution in [1.29, 1.82) is 0 Å². The molecule has 0 aliphatic carbocycles. The lowest BCUT2D eigenvalue weighted by atomic mass is 10.1. The number of aromatic nitrogens is 1. The Balaban J connectivity index is 2.15. The van der Waals surface area contributed by atoms with Crippen molar-refractivity contribution in [2.24, 2.45) is 5.73 Å². The van der Waals surface area contributed by atoms with Gasteiger partial charge >= 0.3 is 0 Å². The standard InChI is InChI=1S/C16H15N3O2/c1-11-4-2-6-13(15(11)16(17)21)19-14(20)8-7-12-5-3-9-18-10-12/h2-10H,1H3,(H2,17,21)(H,19,20). The Kier molecular flexibility index (Phi) is 4.46. The van der Waals surface area contributed by atoms with Gasteiger partial charge in [0, 0.05) is 18.5 Å². The number of aryl methyl sites for hydroxylation is 1. The van der Waals surface area contributed by atoms with Gasteiger partial charge in [0.2, 0.25) is 5.91 Å². The van der Waals surface area contributed by atoms with E-state index in [1.165, 1.54) is 6.08 Å². The predicted molar refractivity (Wildman–Crippen MR) is 81.6 cm³/mol. The number of nitrogens with zero attached hydrogens (tertiary/aromatic N) is 1. The molecular weight excluding hydrogens is 266 g/mol. The number of anilines is 1. The highest BCUT2D eigenvalue weighted by atomic mass is 16.2. The van der Waals surface area contributed by atoms with Crippen molar-refractivity contribution in [3.05, 3.63) is 65.5 Å². The van der Waals surface area contributed by atoms with Gasteiger partial charge in [-0.3, -0.25) is 14.6 Å². The molecule has 0 saturated heterocycles. The van der Waals surface area contributed by atoms with E-state index >= 15 is 0 Å². The minimum absolute atomic E-state index is 0.320. The summed E-state index contributed by atoms with van der Waals surface area (Å²) in [5, 5.41) is 2.66. The van der Waals surface area contributed by atoms with Crippen molar-refractivity contribution in [2.45, 2.75) is 6.92 Å². The van der Waals surface area contributed by atoms with Gasteiger partial charge in [-0.25, -0.2) is 0 Å². The Morgan fingerprint density at radius 1 is 1.24 bits per heavy atom. The van der Waals surface area contributed by atoms with Crippen molar-refractivity contribution in [3.63, 3.8) is 0 Å². The van der Waals surface area contributed by atoms with Gasteiger partial charge in [0.05, 0.1) is 11.3 Å². The van der Waals surface area contributed by atoms with Crippen LogP contribution in [0.2, 0.25) is 0 Å². The van der Waals surface area contributed by atoms with Crippen LogP contribution in [0.1, 0.15) is 21.5 Å². The Labute approximate surface area is 122 Å². The van der Waals surface area contributed by atoms with E-state index in [0.717, 1.165) is 11.1 Å². The van der Waals surface area contributed by atoms with Crippen molar-refractivity contribution in [3.8, 4) is 0 Å². The van der Waals surface area contributed by atoms with Crippen LogP contribution >= 0.6 is 0 Å². The fraction of sp³-hybridized carbons (Fsp3) is 0.0625. The van der Waals surface area contributed by atoms with Crippen molar-refractivity contribution in [2.75, 3.05) is 5.32 Å². The number of amides is 2. The number of carbonyl (C=O) groups is 2. The van der Waals surface area contributed by atoms with Gasteiger partial charge < -0.3 is 11.1 Å². The summed E-state index contributed by atoms with van der Waals surface area (Å²) in [6.45, 7) is 1.77. The monoisotopic (exact) mass is 281 g/mol. The first-order chi connectivity index (χ1) is 10.1. The Morgan fingerprint density at radius 3 is 2.71 bits per heavy atom. The van der Waals surface area contributed by atoms with E-state index in [4.69, 9.17) is 5.73 Å². The lowest BCUT2D eigenvalue weighted by Gasteiger charge is -2.09. The molecule has 5 heteroatoms. The number of benzene rings is 1. The van der Waals surface area contributed by atoms with Crippen LogP contribution in [-0.4, -0.2) is 16.8 Å². The lowest BCUT2D eigenvalue weighted by Crippen LogP contribution is -2.18. The highest BCUT2D eigenvalue weighted by molar-refractivity contribution is 6.07. The van der Waals surface area contributed by atoms with E-state index in [9.17, 15) is 9.59 Å². The van der Waals surface area contributed by atoms with Crippen LogP contribution in [0.15, 0.2) is 48.8 Å². The molecule has 2 aromatic rings. The molecule has 0 spiro atoms. The summed E-state index contributed by atoms with van der Waals surface area (Å²) in [5.74, 6) is -0.911. The van der Waals surface area contributed by atoms with E-state index in [0.29, 0.717) is 11.3 Å². The van der Waals surface area contributed by atoms with Gasteiger partial charge in [0.1, 0.15) is 0 Å². The predicted octanol–water partition coefficient (Wildman–Crippen LogP) is 2.14. The number of primary amides is 1. The fourth-order valence-corrected chi connectivity index (χ4v) is 1.92. The molecule has 1 aromatic carbocycles. The van der Waals surface area contributed by atoms with Gasteiger partial charge in [-0.2, -0.15) is 0 Å². The van der Waals surface area contributed by atoms with Crippen LogP contribution in [0, 0.1) is 6.92 Å². The zero-order valence-corrected chi connectivity index (χ0v) is 11.5. The smallest absolute Gasteiger partial charge is 0.251 e. The molecule has 0 atom stereocenters. The quantitative estimate of drug-likeness (QED) is 0.842. The average molecular weight is 281 g/mol. The maximum Gasteiger partial charge on any atom is 0.251 e. The third-order valence-corrected chi connectivity index (χ3v) is 2.89. The molecule has 0 fully saturated rings. The molecule has 21 heavy (non-hydrogen) atoms. The van der Waals surface area contributed by atoms with Crippen LogP contribution in [0.25, 0.3) is 6.08 Å². The molecule has 0 aliphatic rings. The summed E-state index contributed by atoms with van der Waals surface area (Å²) < 4.78 is 0. The third-order valence-electron chi connectivity index (χ3n) is 2.89. The molecule has 1 aromatic heterocycles. The topological polar surface area (TPSA) is 85.1 Å². The van der Waals surface area contributed by atoms with E-state index in [-0.39, 0.29) is 5.91 Å². The first-order valence-corrected chi connectivity index (χ1v) is 6.36. The van der Waals surface area contributed by atoms with E-state index in [1.54, 1.807) is 49.7 Å². The Hall–Kier alpha value is -2.95. The summed E-state index contributed by atoms with van der Waals surface area (Å²) in [5.41, 5.74) is 7.60. The fourth-order valence-electron chi connectivity index (χ4n) is 1.92. The Bertz CT molecular complexity index is 694. The summed E-state index contributed by atoms with van der Waals surface area (Å²) in [6.07, 6.45) is 6.32. The largest absolute Gasteiger partial charge is 0.366 e. The van der Waals surface area contributed by atoms with Gasteiger partial charge in [-0.05, 0) is 36.3 Å². The van der Waals surface area contributed by atoms with Crippen molar-refractivity contribution >= 4 is 23.6 Å². The highest BCUT2D eigenvalue weighted by Gasteiger charge is 2.12. The maximum absolute atomic E-state index is 11.9. The van der Waals surface area contributed by atoms with Crippen molar-refractivity contribution in [1.82, 2.24) is 4.98 Å². The molecule has 2 rings (SSSR count). The summed E-state index contributed by atoms with van der Waals surface area (Å²) in [6, 6.07) is 8.77. The molecular formula is C16H15N3O2. The Morgan fingerprint density at radius 2 is 2.05 bits per heavy atom. The van der Waals surface area contributed by atoms with Crippen LogP contribution in [0.3, 0.4) is 0 Å². The molecule has 0 unspecified atom stereocenters. The zero-order chi connectivity index (χ0) is 15.2. The maximum atomic E-state index is 11.9. The summed E-state index contributed by atoms with van der Waals surface area (Å²) >= 11 is 0. The molecule has 0 aliphatic heterocycles. The van der Waals surface area contributed by atoms with Crippen molar-refractivity contribution < 1.29 is 9.59 Å². The summed E-state index contributed by atoms with van der Waals surface area (Å²) in [7, 11) is 0. The van der Waals surface area contributed by atoms with Gasteiger partial charge in [-0.1, -0.05) is 18.2 Å². The first-order valence-electron chi connectivity index (χ1n) is 6.36. The van der Waals surface area contributed by atoms with Gasteiger partial charge in [0.15, 0.2) is 0 Å². The van der Waals surface area contributed by atoms with Crippen LogP contribution in [0.5, 0.6) is 0 Å². The normalized spacial score (nSPS) is 10.5. The van der Waals surface area contributed by atoms with Crippen LogP contribution in [0.4, 0.5) is 5.69 Å². The third kappa shape index (κ3) is 3.76. The molecule has 0 bridgehead atoms. The van der Waals surface area contributed by atoms with E-state index < -0.39 is 5.91 Å². The first kappa shape index (κ1) is 14.5. The highest BCUT2D eigenvalue weighted by Crippen LogP contribution is 2.19. The molecule has 1 heterocycles. The number of pyridine rings is 1. The van der Waals surface area contributed by atoms with E-state index in [1.807, 2.05) is 6.07 Å². The number of hydrogen-bond donors (Lipinski definition) is 2. The second-order valence-electron chi connectivity index (χ2n) is 4.47.